The van der Waals surface area contributed by atoms with Crippen molar-refractivity contribution < 1.29 is 9.47 Å². The van der Waals surface area contributed by atoms with Crippen LogP contribution < -0.4 is 11.5 Å². The molecule has 2 saturated carbocycles. The third-order valence-corrected chi connectivity index (χ3v) is 8.40. The van der Waals surface area contributed by atoms with Crippen LogP contribution in [0.5, 0.6) is 0 Å². The zero-order chi connectivity index (χ0) is 24.8. The number of hydrogen-bond acceptors (Lipinski definition) is 8. The van der Waals surface area contributed by atoms with E-state index in [0.717, 1.165) is 41.2 Å². The van der Waals surface area contributed by atoms with E-state index in [9.17, 15) is 5.26 Å². The molecular formula is C27H27N7O2. The van der Waals surface area contributed by atoms with Gasteiger partial charge in [-0.1, -0.05) is 12.1 Å². The van der Waals surface area contributed by atoms with E-state index in [1.54, 1.807) is 6.07 Å². The standard InChI is InChI=1S/C27H27N7O2/c1-26(2)35-21-20(34-8-6-17-24(30)31-13-32-25(17)34)18-11-27(18,22(21)36-26)7-5-14-3-4-15-10-16(12-28)23(29)33-19(15)9-14/h3-4,6,8-10,13,18,20-22H,5,7,11H2,1-2H3,(H2,29,33)(H2,30,31,32)/t18-,20-,21+,22+,27-/m1/s1. The lowest BCUT2D eigenvalue weighted by molar-refractivity contribution is -0.161. The van der Waals surface area contributed by atoms with Crippen molar-refractivity contribution in [1.29, 1.82) is 5.26 Å². The van der Waals surface area contributed by atoms with Gasteiger partial charge in [-0.05, 0) is 62.8 Å². The summed E-state index contributed by atoms with van der Waals surface area (Å²) in [5, 5.41) is 11.0. The molecule has 1 aromatic carbocycles. The summed E-state index contributed by atoms with van der Waals surface area (Å²) in [4.78, 5) is 13.2. The lowest BCUT2D eigenvalue weighted by atomic mass is 9.91. The highest BCUT2D eigenvalue weighted by atomic mass is 16.8. The topological polar surface area (TPSA) is 138 Å². The molecule has 7 rings (SSSR count). The van der Waals surface area contributed by atoms with Crippen LogP contribution >= 0.6 is 0 Å². The van der Waals surface area contributed by atoms with Gasteiger partial charge in [0, 0.05) is 17.0 Å². The van der Waals surface area contributed by atoms with Gasteiger partial charge in [0.2, 0.25) is 0 Å². The highest BCUT2D eigenvalue weighted by molar-refractivity contribution is 5.86. The summed E-state index contributed by atoms with van der Waals surface area (Å²) in [6, 6.07) is 12.3. The van der Waals surface area contributed by atoms with Crippen LogP contribution in [-0.4, -0.2) is 37.5 Å². The molecule has 0 bridgehead atoms. The number of hydrogen-bond donors (Lipinski definition) is 2. The van der Waals surface area contributed by atoms with Crippen molar-refractivity contribution in [2.75, 3.05) is 11.5 Å². The van der Waals surface area contributed by atoms with Crippen molar-refractivity contribution in [2.24, 2.45) is 11.3 Å². The van der Waals surface area contributed by atoms with Crippen LogP contribution in [0.2, 0.25) is 0 Å². The molecule has 2 aliphatic carbocycles. The lowest BCUT2D eigenvalue weighted by Crippen LogP contribution is -2.32. The number of fused-ring (bicyclic) bond motifs is 5. The molecule has 3 aromatic heterocycles. The average molecular weight is 482 g/mol. The van der Waals surface area contributed by atoms with Crippen molar-refractivity contribution in [1.82, 2.24) is 19.5 Å². The van der Waals surface area contributed by atoms with Crippen molar-refractivity contribution in [3.63, 3.8) is 0 Å². The molecule has 3 aliphatic rings. The van der Waals surface area contributed by atoms with E-state index in [0.29, 0.717) is 17.3 Å². The Morgan fingerprint density at radius 3 is 2.83 bits per heavy atom. The molecule has 9 nitrogen and oxygen atoms in total. The molecule has 9 heteroatoms. The summed E-state index contributed by atoms with van der Waals surface area (Å²) < 4.78 is 15.3. The van der Waals surface area contributed by atoms with E-state index in [2.05, 4.69) is 43.9 Å². The van der Waals surface area contributed by atoms with Crippen LogP contribution in [-0.2, 0) is 15.9 Å². The number of nitrogen functional groups attached to an aromatic ring is 2. The smallest absolute Gasteiger partial charge is 0.163 e. The number of benzene rings is 1. The lowest BCUT2D eigenvalue weighted by Gasteiger charge is -2.24. The molecule has 4 aromatic rings. The first-order chi connectivity index (χ1) is 17.3. The molecule has 0 radical (unpaired) electrons. The van der Waals surface area contributed by atoms with E-state index >= 15 is 0 Å². The van der Waals surface area contributed by atoms with E-state index in [-0.39, 0.29) is 29.5 Å². The number of nitrogens with zero attached hydrogens (tertiary/aromatic N) is 5. The Hall–Kier alpha value is -3.74. The minimum atomic E-state index is -0.631. The first-order valence-corrected chi connectivity index (χ1v) is 12.3. The largest absolute Gasteiger partial charge is 0.383 e. The fourth-order valence-electron chi connectivity index (χ4n) is 6.71. The highest BCUT2D eigenvalue weighted by Gasteiger charge is 2.75. The molecule has 0 unspecified atom stereocenters. The van der Waals surface area contributed by atoms with Gasteiger partial charge in [0.25, 0.3) is 0 Å². The number of aryl methyl sites for hydroxylation is 1. The van der Waals surface area contributed by atoms with E-state index < -0.39 is 5.79 Å². The summed E-state index contributed by atoms with van der Waals surface area (Å²) in [5.74, 6) is 0.564. The van der Waals surface area contributed by atoms with Crippen molar-refractivity contribution >= 4 is 33.6 Å². The zero-order valence-electron chi connectivity index (χ0n) is 20.2. The summed E-state index contributed by atoms with van der Waals surface area (Å²) in [7, 11) is 0. The van der Waals surface area contributed by atoms with Gasteiger partial charge < -0.3 is 25.5 Å². The van der Waals surface area contributed by atoms with Crippen molar-refractivity contribution in [2.45, 2.75) is 57.1 Å². The van der Waals surface area contributed by atoms with Crippen molar-refractivity contribution in [3.8, 4) is 6.07 Å². The number of aromatic nitrogens is 4. The van der Waals surface area contributed by atoms with E-state index in [1.165, 1.54) is 11.9 Å². The third kappa shape index (κ3) is 2.98. The Kier molecular flexibility index (Phi) is 4.28. The fourth-order valence-corrected chi connectivity index (χ4v) is 6.71. The summed E-state index contributed by atoms with van der Waals surface area (Å²) >= 11 is 0. The second kappa shape index (κ2) is 7.15. The molecule has 0 amide bonds. The molecular weight excluding hydrogens is 454 g/mol. The van der Waals surface area contributed by atoms with E-state index in [4.69, 9.17) is 20.9 Å². The molecule has 4 N–H and O–H groups in total. The predicted molar refractivity (Wildman–Crippen MR) is 135 cm³/mol. The first kappa shape index (κ1) is 21.5. The highest BCUT2D eigenvalue weighted by Crippen LogP contribution is 2.73. The van der Waals surface area contributed by atoms with Gasteiger partial charge in [-0.15, -0.1) is 0 Å². The number of ether oxygens (including phenoxy) is 2. The van der Waals surface area contributed by atoms with Gasteiger partial charge >= 0.3 is 0 Å². The van der Waals surface area contributed by atoms with Gasteiger partial charge in [-0.25, -0.2) is 15.0 Å². The van der Waals surface area contributed by atoms with Crippen LogP contribution in [0, 0.1) is 22.7 Å². The van der Waals surface area contributed by atoms with Gasteiger partial charge in [0.05, 0.1) is 28.6 Å². The number of rotatable bonds is 4. The molecule has 36 heavy (non-hydrogen) atoms. The second-order valence-corrected chi connectivity index (χ2v) is 10.8. The quantitative estimate of drug-likeness (QED) is 0.450. The molecule has 182 valence electrons. The Morgan fingerprint density at radius 1 is 1.14 bits per heavy atom. The maximum atomic E-state index is 9.24. The second-order valence-electron chi connectivity index (χ2n) is 10.8. The monoisotopic (exact) mass is 481 g/mol. The molecule has 4 heterocycles. The molecule has 5 atom stereocenters. The normalized spacial score (nSPS) is 29.8. The Bertz CT molecular complexity index is 1590. The summed E-state index contributed by atoms with van der Waals surface area (Å²) in [6.45, 7) is 3.99. The number of nitrogens with two attached hydrogens (primary N) is 2. The SMILES string of the molecule is CC1(C)O[C@H]2[C@H](n3ccc4c(N)ncnc43)[C@H]3C[C@@]3(CCc3ccc4cc(C#N)c(N)nc4c3)[C@H]2O1. The van der Waals surface area contributed by atoms with Gasteiger partial charge in [0.1, 0.15) is 35.8 Å². The van der Waals surface area contributed by atoms with Crippen molar-refractivity contribution in [3.05, 3.63) is 54.0 Å². The maximum absolute atomic E-state index is 9.24. The van der Waals surface area contributed by atoms with Crippen LogP contribution in [0.3, 0.4) is 0 Å². The predicted octanol–water partition coefficient (Wildman–Crippen LogP) is 3.73. The first-order valence-electron chi connectivity index (χ1n) is 12.3. The molecule has 1 aliphatic heterocycles. The third-order valence-electron chi connectivity index (χ3n) is 8.40. The van der Waals surface area contributed by atoms with Crippen LogP contribution in [0.1, 0.15) is 43.9 Å². The fraction of sp³-hybridized carbons (Fsp3) is 0.407. The van der Waals surface area contributed by atoms with Crippen LogP contribution in [0.15, 0.2) is 42.9 Å². The Labute approximate surface area is 208 Å². The number of nitriles is 1. The minimum Gasteiger partial charge on any atom is -0.383 e. The van der Waals surface area contributed by atoms with Gasteiger partial charge in [0.15, 0.2) is 5.79 Å². The van der Waals surface area contributed by atoms with Crippen LogP contribution in [0.25, 0.3) is 21.9 Å². The Morgan fingerprint density at radius 2 is 2.00 bits per heavy atom. The minimum absolute atomic E-state index is 0.0200. The van der Waals surface area contributed by atoms with E-state index in [1.807, 2.05) is 26.0 Å². The summed E-state index contributed by atoms with van der Waals surface area (Å²) in [5.41, 5.74) is 15.4. The Balaban J connectivity index is 1.20. The average Bonchev–Trinajstić information content (AvgIpc) is 3.10. The molecule has 3 fully saturated rings. The van der Waals surface area contributed by atoms with Crippen LogP contribution in [0.4, 0.5) is 11.6 Å². The molecule has 0 spiro atoms. The number of anilines is 2. The van der Waals surface area contributed by atoms with Gasteiger partial charge in [-0.3, -0.25) is 0 Å². The summed E-state index contributed by atoms with van der Waals surface area (Å²) in [6.07, 6.45) is 6.53. The number of pyridine rings is 1. The maximum Gasteiger partial charge on any atom is 0.163 e. The zero-order valence-corrected chi connectivity index (χ0v) is 20.2. The van der Waals surface area contributed by atoms with Gasteiger partial charge in [-0.2, -0.15) is 5.26 Å². The molecule has 1 saturated heterocycles.